The number of nitrogens with zero attached hydrogens (tertiary/aromatic N) is 8. The number of amides is 3. The van der Waals surface area contributed by atoms with Gasteiger partial charge in [0.25, 0.3) is 5.91 Å². The van der Waals surface area contributed by atoms with Crippen LogP contribution in [0.15, 0.2) is 84.9 Å². The molecule has 3 amide bonds. The third-order valence-electron chi connectivity index (χ3n) is 15.5. The van der Waals surface area contributed by atoms with E-state index in [0.29, 0.717) is 66.0 Å². The summed E-state index contributed by atoms with van der Waals surface area (Å²) in [4.78, 5) is 74.0. The summed E-state index contributed by atoms with van der Waals surface area (Å²) in [5, 5.41) is 11.6. The second kappa shape index (κ2) is 21.4. The van der Waals surface area contributed by atoms with E-state index in [1.54, 1.807) is 4.68 Å². The molecule has 3 fully saturated rings. The highest BCUT2D eigenvalue weighted by molar-refractivity contribution is 7.22. The fourth-order valence-corrected chi connectivity index (χ4v) is 12.4. The molecule has 1 saturated carbocycles. The maximum atomic E-state index is 14.1. The molecule has 7 aromatic rings. The molecule has 2 saturated heterocycles. The first kappa shape index (κ1) is 50.9. The first-order valence-electron chi connectivity index (χ1n) is 26.9. The van der Waals surface area contributed by atoms with Gasteiger partial charge in [0.2, 0.25) is 11.8 Å². The Morgan fingerprint density at radius 1 is 0.803 bits per heavy atom. The maximum Gasteiger partial charge on any atom is 0.358 e. The predicted molar refractivity (Wildman–Crippen MR) is 296 cm³/mol. The van der Waals surface area contributed by atoms with Crippen molar-refractivity contribution in [2.24, 2.45) is 13.0 Å². The molecule has 394 valence electrons. The van der Waals surface area contributed by atoms with Gasteiger partial charge in [-0.05, 0) is 162 Å². The molecule has 7 heterocycles. The molecule has 4 aliphatic rings. The molecule has 4 aromatic heterocycles. The molecular formula is C59H66N10O6S. The largest absolute Gasteiger partial charge is 0.490 e. The number of piperazine rings is 1. The van der Waals surface area contributed by atoms with Crippen molar-refractivity contribution in [3.05, 3.63) is 119 Å². The van der Waals surface area contributed by atoms with Crippen LogP contribution in [0.1, 0.15) is 121 Å². The van der Waals surface area contributed by atoms with Gasteiger partial charge < -0.3 is 19.3 Å². The fraction of sp³-hybridized carbons (Fsp3) is 0.424. The third kappa shape index (κ3) is 10.9. The van der Waals surface area contributed by atoms with Gasteiger partial charge in [-0.25, -0.2) is 19.7 Å². The average molecular weight is 1040 g/mol. The minimum Gasteiger partial charge on any atom is -0.490 e. The number of hydrogen-bond donors (Lipinski definition) is 2. The van der Waals surface area contributed by atoms with E-state index in [1.165, 1.54) is 24.2 Å². The van der Waals surface area contributed by atoms with Gasteiger partial charge in [0.15, 0.2) is 16.5 Å². The molecule has 0 bridgehead atoms. The number of nitrogens with one attached hydrogen (secondary N) is 2. The number of fused-ring (bicyclic) bond motifs is 3. The summed E-state index contributed by atoms with van der Waals surface area (Å²) < 4.78 is 15.6. The summed E-state index contributed by atoms with van der Waals surface area (Å²) in [7, 11) is 1.86. The van der Waals surface area contributed by atoms with Gasteiger partial charge >= 0.3 is 5.97 Å². The number of piperidine rings is 1. The first-order valence-corrected chi connectivity index (χ1v) is 27.7. The number of carbonyl (C=O) groups excluding carboxylic acids is 4. The topological polar surface area (TPSA) is 177 Å². The molecule has 0 radical (unpaired) electrons. The SMILES string of the molecule is Cc1c(OC2CCC(CCCN3CCN(c4ccc5c(C6CCC(=O)NC6=O)nn(C)c5n4)CC3)CC2)cccc1-c1ccc(N2CCc3cccc(C(=O)Nc4nc5ccccc5s4)c3C2)nc1C(=O)OC(C)(C)C. The first-order chi connectivity index (χ1) is 36.7. The minimum absolute atomic E-state index is 0.113. The van der Waals surface area contributed by atoms with Crippen LogP contribution < -0.4 is 25.2 Å². The van der Waals surface area contributed by atoms with E-state index in [1.807, 2.05) is 107 Å². The van der Waals surface area contributed by atoms with E-state index in [9.17, 15) is 19.2 Å². The molecule has 1 atom stereocenters. The van der Waals surface area contributed by atoms with Gasteiger partial charge in [0.1, 0.15) is 23.0 Å². The number of esters is 1. The number of imide groups is 1. The van der Waals surface area contributed by atoms with Crippen LogP contribution in [0.3, 0.4) is 0 Å². The Hall–Kier alpha value is -7.24. The molecule has 3 aromatic carbocycles. The number of anilines is 3. The standard InChI is InChI=1S/C59H66N10O6S/c1-36-40(41-22-25-49(61-53(41)57(73)75-59(2,3)4)69-30-28-38-12-8-14-42(45(38)35-69)55(71)64-58-60-46-15-6-7-17-48(46)76-58)13-9-16-47(36)74-39-20-18-37(19-21-39)11-10-29-67-31-33-68(34-32-67)50-26-23-43-52(65-66(5)54(43)62-50)44-24-27-51(70)63-56(44)72/h6-9,12-17,22-23,25-26,37,39,44H,10-11,18-21,24,27-35H2,1-5H3,(H,60,64,71)(H,63,70,72). The molecule has 0 spiro atoms. The van der Waals surface area contributed by atoms with Gasteiger partial charge in [-0.15, -0.1) is 0 Å². The van der Waals surface area contributed by atoms with E-state index in [2.05, 4.69) is 48.4 Å². The third-order valence-corrected chi connectivity index (χ3v) is 16.5. The number of hydrogen-bond acceptors (Lipinski definition) is 14. The second-order valence-electron chi connectivity index (χ2n) is 21.8. The Labute approximate surface area is 447 Å². The number of para-hydroxylation sites is 1. The number of thiazole rings is 1. The lowest BCUT2D eigenvalue weighted by Gasteiger charge is -2.36. The molecule has 1 aliphatic carbocycles. The molecule has 76 heavy (non-hydrogen) atoms. The highest BCUT2D eigenvalue weighted by atomic mass is 32.1. The lowest BCUT2D eigenvalue weighted by Crippen LogP contribution is -2.47. The average Bonchev–Trinajstić information content (AvgIpc) is 4.02. The van der Waals surface area contributed by atoms with E-state index in [-0.39, 0.29) is 29.5 Å². The van der Waals surface area contributed by atoms with Gasteiger partial charge in [0, 0.05) is 69.3 Å². The van der Waals surface area contributed by atoms with Gasteiger partial charge in [-0.3, -0.25) is 34.6 Å². The smallest absolute Gasteiger partial charge is 0.358 e. The lowest BCUT2D eigenvalue weighted by molar-refractivity contribution is -0.134. The highest BCUT2D eigenvalue weighted by Gasteiger charge is 2.33. The Morgan fingerprint density at radius 3 is 2.37 bits per heavy atom. The number of ether oxygens (including phenoxy) is 2. The van der Waals surface area contributed by atoms with Crippen molar-refractivity contribution in [1.29, 1.82) is 0 Å². The van der Waals surface area contributed by atoms with Crippen LogP contribution >= 0.6 is 11.3 Å². The molecule has 17 heteroatoms. The number of benzene rings is 3. The maximum absolute atomic E-state index is 14.1. The monoisotopic (exact) mass is 1040 g/mol. The van der Waals surface area contributed by atoms with E-state index >= 15 is 0 Å². The fourth-order valence-electron chi connectivity index (χ4n) is 11.5. The zero-order chi connectivity index (χ0) is 52.7. The van der Waals surface area contributed by atoms with E-state index < -0.39 is 17.5 Å². The summed E-state index contributed by atoms with van der Waals surface area (Å²) in [6, 6.07) is 27.8. The number of pyridine rings is 2. The number of rotatable bonds is 13. The molecule has 11 rings (SSSR count). The zero-order valence-corrected chi connectivity index (χ0v) is 44.9. The molecule has 1 unspecified atom stereocenters. The van der Waals surface area contributed by atoms with Crippen molar-refractivity contribution in [3.8, 4) is 16.9 Å². The summed E-state index contributed by atoms with van der Waals surface area (Å²) in [5.41, 5.74) is 6.93. The molecule has 2 N–H and O–H groups in total. The Bertz CT molecular complexity index is 3310. The van der Waals surface area contributed by atoms with Crippen molar-refractivity contribution >= 4 is 73.0 Å². The predicted octanol–water partition coefficient (Wildman–Crippen LogP) is 9.78. The Balaban J connectivity index is 0.692. The van der Waals surface area contributed by atoms with Crippen molar-refractivity contribution in [1.82, 2.24) is 34.9 Å². The summed E-state index contributed by atoms with van der Waals surface area (Å²) in [5.74, 6) is 1.39. The molecule has 16 nitrogen and oxygen atoms in total. The number of aromatic nitrogens is 5. The summed E-state index contributed by atoms with van der Waals surface area (Å²) in [6.45, 7) is 13.6. The van der Waals surface area contributed by atoms with Gasteiger partial charge in [0.05, 0.1) is 27.9 Å². The van der Waals surface area contributed by atoms with Crippen LogP contribution in [0.4, 0.5) is 16.8 Å². The summed E-state index contributed by atoms with van der Waals surface area (Å²) in [6.07, 6.45) is 8.24. The van der Waals surface area contributed by atoms with Crippen LogP contribution in [-0.4, -0.2) is 104 Å². The van der Waals surface area contributed by atoms with Crippen molar-refractivity contribution in [3.63, 3.8) is 0 Å². The lowest BCUT2D eigenvalue weighted by atomic mass is 9.84. The van der Waals surface area contributed by atoms with Crippen LogP contribution in [0.25, 0.3) is 32.4 Å². The Kier molecular flexibility index (Phi) is 14.3. The Morgan fingerprint density at radius 2 is 1.58 bits per heavy atom. The summed E-state index contributed by atoms with van der Waals surface area (Å²) >= 11 is 1.45. The molecule has 3 aliphatic heterocycles. The minimum atomic E-state index is -0.734. The van der Waals surface area contributed by atoms with Crippen molar-refractivity contribution < 1.29 is 28.7 Å². The highest BCUT2D eigenvalue weighted by Crippen LogP contribution is 2.38. The van der Waals surface area contributed by atoms with Crippen LogP contribution in [-0.2, 0) is 34.3 Å². The van der Waals surface area contributed by atoms with Gasteiger partial charge in [-0.2, -0.15) is 5.10 Å². The number of carbonyl (C=O) groups is 4. The van der Waals surface area contributed by atoms with Crippen LogP contribution in [0.2, 0.25) is 0 Å². The van der Waals surface area contributed by atoms with Crippen LogP contribution in [0, 0.1) is 12.8 Å². The van der Waals surface area contributed by atoms with Crippen molar-refractivity contribution in [2.45, 2.75) is 110 Å². The van der Waals surface area contributed by atoms with Crippen LogP contribution in [0.5, 0.6) is 5.75 Å². The quantitative estimate of drug-likeness (QED) is 0.0825. The van der Waals surface area contributed by atoms with E-state index in [0.717, 1.165) is 113 Å². The molecular weight excluding hydrogens is 977 g/mol. The number of aryl methyl sites for hydroxylation is 1. The van der Waals surface area contributed by atoms with E-state index in [4.69, 9.17) is 19.4 Å². The second-order valence-corrected chi connectivity index (χ2v) is 22.9. The van der Waals surface area contributed by atoms with Crippen molar-refractivity contribution in [2.75, 3.05) is 54.4 Å². The zero-order valence-electron chi connectivity index (χ0n) is 44.1. The van der Waals surface area contributed by atoms with Gasteiger partial charge in [-0.1, -0.05) is 47.7 Å². The normalized spacial score (nSPS) is 19.4.